The summed E-state index contributed by atoms with van der Waals surface area (Å²) in [5.41, 5.74) is 6.66. The van der Waals surface area contributed by atoms with Crippen LogP contribution in [0.5, 0.6) is 0 Å². The molecule has 1 amide bonds. The van der Waals surface area contributed by atoms with E-state index in [0.717, 1.165) is 11.8 Å². The minimum absolute atomic E-state index is 0.0741. The van der Waals surface area contributed by atoms with Crippen molar-refractivity contribution in [3.63, 3.8) is 0 Å². The molecular formula is C13H19N3O4S. The van der Waals surface area contributed by atoms with Crippen molar-refractivity contribution in [3.8, 4) is 0 Å². The third-order valence-corrected chi connectivity index (χ3v) is 5.24. The molecule has 4 N–H and O–H groups in total. The molecule has 0 heterocycles. The van der Waals surface area contributed by atoms with Gasteiger partial charge in [-0.15, -0.1) is 0 Å². The highest BCUT2D eigenvalue weighted by Crippen LogP contribution is 2.19. The topological polar surface area (TPSA) is 122 Å². The largest absolute Gasteiger partial charge is 0.409 e. The van der Waals surface area contributed by atoms with E-state index >= 15 is 0 Å². The molecule has 0 saturated heterocycles. The number of nitrogens with one attached hydrogen (secondary N) is 1. The zero-order valence-corrected chi connectivity index (χ0v) is 12.9. The number of hydrogen-bond acceptors (Lipinski definition) is 5. The number of anilines is 1. The zero-order chi connectivity index (χ0) is 16.3. The molecule has 0 unspecified atom stereocenters. The van der Waals surface area contributed by atoms with Crippen molar-refractivity contribution >= 4 is 27.3 Å². The van der Waals surface area contributed by atoms with Gasteiger partial charge in [0, 0.05) is 18.4 Å². The maximum Gasteiger partial charge on any atom is 0.245 e. The van der Waals surface area contributed by atoms with Crippen LogP contribution in [0.2, 0.25) is 0 Å². The van der Waals surface area contributed by atoms with Gasteiger partial charge >= 0.3 is 0 Å². The van der Waals surface area contributed by atoms with Crippen molar-refractivity contribution in [1.82, 2.24) is 0 Å². The first-order chi connectivity index (χ1) is 9.57. The van der Waals surface area contributed by atoms with E-state index in [-0.39, 0.29) is 12.3 Å². The van der Waals surface area contributed by atoms with Gasteiger partial charge in [0.15, 0.2) is 9.84 Å². The number of carbonyl (C=O) groups is 1. The second-order valence-corrected chi connectivity index (χ2v) is 7.77. The van der Waals surface area contributed by atoms with Crippen LogP contribution in [0.1, 0.15) is 19.4 Å². The molecule has 7 nitrogen and oxygen atoms in total. The third-order valence-electron chi connectivity index (χ3n) is 3.20. The fraction of sp³-hybridized carbons (Fsp3) is 0.385. The summed E-state index contributed by atoms with van der Waals surface area (Å²) in [7, 11) is -3.52. The molecule has 0 aliphatic heterocycles. The van der Waals surface area contributed by atoms with Crippen LogP contribution in [0.25, 0.3) is 0 Å². The second-order valence-electron chi connectivity index (χ2n) is 5.20. The Bertz CT molecular complexity index is 648. The summed E-state index contributed by atoms with van der Waals surface area (Å²) < 4.78 is 21.6. The van der Waals surface area contributed by atoms with E-state index in [9.17, 15) is 13.2 Å². The van der Waals surface area contributed by atoms with Gasteiger partial charge in [0.25, 0.3) is 0 Å². The summed E-state index contributed by atoms with van der Waals surface area (Å²) in [5.74, 6) is -0.529. The Morgan fingerprint density at radius 2 is 1.86 bits per heavy atom. The molecule has 0 bridgehead atoms. The number of amides is 1. The Hall–Kier alpha value is -2.09. The van der Waals surface area contributed by atoms with Crippen LogP contribution < -0.4 is 11.1 Å². The number of amidine groups is 1. The van der Waals surface area contributed by atoms with Crippen molar-refractivity contribution in [2.75, 3.05) is 11.6 Å². The monoisotopic (exact) mass is 313 g/mol. The fourth-order valence-corrected chi connectivity index (χ4v) is 1.79. The van der Waals surface area contributed by atoms with E-state index in [0.29, 0.717) is 5.69 Å². The molecule has 0 aliphatic carbocycles. The number of oxime groups is 1. The normalized spacial score (nSPS) is 13.0. The van der Waals surface area contributed by atoms with Gasteiger partial charge in [-0.25, -0.2) is 8.42 Å². The van der Waals surface area contributed by atoms with Gasteiger partial charge in [0.05, 0.1) is 0 Å². The van der Waals surface area contributed by atoms with Gasteiger partial charge in [-0.05, 0) is 31.5 Å². The van der Waals surface area contributed by atoms with E-state index < -0.39 is 20.5 Å². The lowest BCUT2D eigenvalue weighted by Gasteiger charge is -2.21. The smallest absolute Gasteiger partial charge is 0.245 e. The number of nitrogens with zero attached hydrogens (tertiary/aromatic N) is 1. The molecule has 21 heavy (non-hydrogen) atoms. The first-order valence-corrected chi connectivity index (χ1v) is 8.03. The number of hydrogen-bond donors (Lipinski definition) is 3. The minimum atomic E-state index is -3.52. The lowest BCUT2D eigenvalue weighted by atomic mass is 10.1. The molecule has 0 atom stereocenters. The van der Waals surface area contributed by atoms with Crippen LogP contribution in [-0.2, 0) is 21.1 Å². The number of carbonyl (C=O) groups excluding carboxylic acids is 1. The number of nitrogens with two attached hydrogens (primary N) is 1. The van der Waals surface area contributed by atoms with E-state index in [1.54, 1.807) is 24.3 Å². The number of benzene rings is 1. The Morgan fingerprint density at radius 1 is 1.33 bits per heavy atom. The summed E-state index contributed by atoms with van der Waals surface area (Å²) >= 11 is 0. The summed E-state index contributed by atoms with van der Waals surface area (Å²) in [5, 5.41) is 13.9. The standard InChI is InChI=1S/C13H19N3O4S/c1-13(2,21(3,19)20)12(17)15-10-6-4-9(5-7-10)8-11(14)16-18/h4-7,18H,8H2,1-3H3,(H2,14,16)(H,15,17). The van der Waals surface area contributed by atoms with Crippen molar-refractivity contribution in [2.24, 2.45) is 10.9 Å². The lowest BCUT2D eigenvalue weighted by molar-refractivity contribution is -0.117. The predicted octanol–water partition coefficient (Wildman–Crippen LogP) is 0.737. The maximum atomic E-state index is 12.0. The Balaban J connectivity index is 2.84. The maximum absolute atomic E-state index is 12.0. The molecule has 1 aromatic rings. The highest BCUT2D eigenvalue weighted by Gasteiger charge is 2.38. The zero-order valence-electron chi connectivity index (χ0n) is 12.1. The van der Waals surface area contributed by atoms with Gasteiger partial charge in [0.2, 0.25) is 5.91 Å². The Labute approximate surface area is 123 Å². The molecule has 0 saturated carbocycles. The average Bonchev–Trinajstić information content (AvgIpc) is 2.39. The van der Waals surface area contributed by atoms with E-state index in [2.05, 4.69) is 10.5 Å². The lowest BCUT2D eigenvalue weighted by Crippen LogP contribution is -2.43. The van der Waals surface area contributed by atoms with Crippen LogP contribution >= 0.6 is 0 Å². The highest BCUT2D eigenvalue weighted by atomic mass is 32.2. The first-order valence-electron chi connectivity index (χ1n) is 6.14. The minimum Gasteiger partial charge on any atom is -0.409 e. The average molecular weight is 313 g/mol. The van der Waals surface area contributed by atoms with Crippen LogP contribution in [0.4, 0.5) is 5.69 Å². The highest BCUT2D eigenvalue weighted by molar-refractivity contribution is 7.92. The van der Waals surface area contributed by atoms with Crippen molar-refractivity contribution < 1.29 is 18.4 Å². The SMILES string of the molecule is CC(C)(C(=O)Nc1ccc(CC(N)=NO)cc1)S(C)(=O)=O. The van der Waals surface area contributed by atoms with Crippen LogP contribution in [0.15, 0.2) is 29.4 Å². The molecule has 0 radical (unpaired) electrons. The van der Waals surface area contributed by atoms with Crippen molar-refractivity contribution in [3.05, 3.63) is 29.8 Å². The summed E-state index contributed by atoms with van der Waals surface area (Å²) in [4.78, 5) is 12.0. The molecule has 116 valence electrons. The molecule has 8 heteroatoms. The van der Waals surface area contributed by atoms with Crippen LogP contribution in [-0.4, -0.2) is 36.4 Å². The molecule has 0 fully saturated rings. The van der Waals surface area contributed by atoms with E-state index in [4.69, 9.17) is 10.9 Å². The predicted molar refractivity (Wildman–Crippen MR) is 81.1 cm³/mol. The quantitative estimate of drug-likeness (QED) is 0.320. The van der Waals surface area contributed by atoms with Crippen molar-refractivity contribution in [2.45, 2.75) is 25.0 Å². The van der Waals surface area contributed by atoms with Gasteiger partial charge in [0.1, 0.15) is 10.6 Å². The van der Waals surface area contributed by atoms with Crippen molar-refractivity contribution in [1.29, 1.82) is 0 Å². The second kappa shape index (κ2) is 6.13. The van der Waals surface area contributed by atoms with E-state index in [1.807, 2.05) is 0 Å². The fourth-order valence-electron chi connectivity index (χ4n) is 1.40. The van der Waals surface area contributed by atoms with Gasteiger partial charge < -0.3 is 16.3 Å². The van der Waals surface area contributed by atoms with Gasteiger partial charge in [-0.2, -0.15) is 0 Å². The van der Waals surface area contributed by atoms with E-state index in [1.165, 1.54) is 13.8 Å². The molecular weight excluding hydrogens is 294 g/mol. The van der Waals surface area contributed by atoms with Crippen LogP contribution in [0, 0.1) is 0 Å². The Kier molecular flexibility index (Phi) is 4.95. The molecule has 0 spiro atoms. The molecule has 1 rings (SSSR count). The van der Waals surface area contributed by atoms with Gasteiger partial charge in [-0.3, -0.25) is 4.79 Å². The summed E-state index contributed by atoms with van der Waals surface area (Å²) in [6.45, 7) is 2.70. The Morgan fingerprint density at radius 3 is 2.29 bits per heavy atom. The summed E-state index contributed by atoms with van der Waals surface area (Å²) in [6, 6.07) is 6.63. The van der Waals surface area contributed by atoms with Gasteiger partial charge in [-0.1, -0.05) is 17.3 Å². The molecule has 0 aliphatic rings. The van der Waals surface area contributed by atoms with Crippen LogP contribution in [0.3, 0.4) is 0 Å². The number of sulfone groups is 1. The first kappa shape index (κ1) is 17.0. The molecule has 0 aromatic heterocycles. The number of rotatable bonds is 5. The summed E-state index contributed by atoms with van der Waals surface area (Å²) in [6.07, 6.45) is 1.30. The third kappa shape index (κ3) is 4.19. The molecule has 1 aromatic carbocycles.